The van der Waals surface area contributed by atoms with Gasteiger partial charge >= 0.3 is 0 Å². The highest BCUT2D eigenvalue weighted by atomic mass is 16.5. The molecule has 2 rings (SSSR count). The SMILES string of the molecule is CCCN1CCOC(C(=O)c2cc(C)cnc2N)C1. The number of morpholine rings is 1. The molecule has 1 atom stereocenters. The quantitative estimate of drug-likeness (QED) is 0.828. The lowest BCUT2D eigenvalue weighted by atomic mass is 10.0. The summed E-state index contributed by atoms with van der Waals surface area (Å²) in [7, 11) is 0. The maximum Gasteiger partial charge on any atom is 0.196 e. The van der Waals surface area contributed by atoms with Crippen LogP contribution in [0.2, 0.25) is 0 Å². The fourth-order valence-electron chi connectivity index (χ4n) is 2.33. The Morgan fingerprint density at radius 1 is 1.63 bits per heavy atom. The number of nitrogens with two attached hydrogens (primary N) is 1. The Labute approximate surface area is 113 Å². The molecule has 0 saturated carbocycles. The van der Waals surface area contributed by atoms with Crippen molar-refractivity contribution in [3.05, 3.63) is 23.4 Å². The van der Waals surface area contributed by atoms with E-state index in [1.165, 1.54) is 0 Å². The summed E-state index contributed by atoms with van der Waals surface area (Å²) < 4.78 is 5.59. The minimum atomic E-state index is -0.425. The van der Waals surface area contributed by atoms with Gasteiger partial charge in [-0.2, -0.15) is 0 Å². The number of carbonyl (C=O) groups excluding carboxylic acids is 1. The molecule has 2 N–H and O–H groups in total. The third-order valence-electron chi connectivity index (χ3n) is 3.30. The van der Waals surface area contributed by atoms with Crippen molar-refractivity contribution in [1.29, 1.82) is 0 Å². The highest BCUT2D eigenvalue weighted by Crippen LogP contribution is 2.17. The van der Waals surface area contributed by atoms with Crippen LogP contribution in [0.25, 0.3) is 0 Å². The minimum Gasteiger partial charge on any atom is -0.383 e. The molecule has 0 bridgehead atoms. The number of Topliss-reactive ketones (excluding diaryl/α,β-unsaturated/α-hetero) is 1. The Morgan fingerprint density at radius 2 is 2.42 bits per heavy atom. The van der Waals surface area contributed by atoms with E-state index in [1.54, 1.807) is 12.3 Å². The lowest BCUT2D eigenvalue weighted by Crippen LogP contribution is -2.46. The predicted molar refractivity (Wildman–Crippen MR) is 74.2 cm³/mol. The van der Waals surface area contributed by atoms with E-state index >= 15 is 0 Å². The smallest absolute Gasteiger partial charge is 0.196 e. The highest BCUT2D eigenvalue weighted by Gasteiger charge is 2.28. The third kappa shape index (κ3) is 3.30. The van der Waals surface area contributed by atoms with Crippen LogP contribution in [0.4, 0.5) is 5.82 Å². The predicted octanol–water partition coefficient (Wildman–Crippen LogP) is 1.27. The molecular formula is C14H21N3O2. The molecule has 1 saturated heterocycles. The number of ether oxygens (including phenoxy) is 1. The summed E-state index contributed by atoms with van der Waals surface area (Å²) in [6.07, 6.45) is 2.32. The Hall–Kier alpha value is -1.46. The molecule has 1 fully saturated rings. The number of hydrogen-bond donors (Lipinski definition) is 1. The molecular weight excluding hydrogens is 242 g/mol. The topological polar surface area (TPSA) is 68.5 Å². The van der Waals surface area contributed by atoms with Gasteiger partial charge in [0, 0.05) is 19.3 Å². The number of nitrogens with zero attached hydrogens (tertiary/aromatic N) is 2. The summed E-state index contributed by atoms with van der Waals surface area (Å²) in [6.45, 7) is 7.15. The first-order chi connectivity index (χ1) is 9.11. The molecule has 2 heterocycles. The van der Waals surface area contributed by atoms with Crippen molar-refractivity contribution in [2.45, 2.75) is 26.4 Å². The van der Waals surface area contributed by atoms with Crippen LogP contribution in [0, 0.1) is 6.92 Å². The molecule has 0 aliphatic carbocycles. The number of nitrogen functional groups attached to an aromatic ring is 1. The van der Waals surface area contributed by atoms with Gasteiger partial charge in [0.25, 0.3) is 0 Å². The van der Waals surface area contributed by atoms with Gasteiger partial charge in [0.05, 0.1) is 12.2 Å². The second kappa shape index (κ2) is 6.12. The molecule has 1 unspecified atom stereocenters. The summed E-state index contributed by atoms with van der Waals surface area (Å²) in [5.41, 5.74) is 7.19. The van der Waals surface area contributed by atoms with Crippen LogP contribution < -0.4 is 5.73 Å². The largest absolute Gasteiger partial charge is 0.383 e. The number of aryl methyl sites for hydroxylation is 1. The lowest BCUT2D eigenvalue weighted by Gasteiger charge is -2.31. The van der Waals surface area contributed by atoms with Crippen molar-refractivity contribution in [2.24, 2.45) is 0 Å². The van der Waals surface area contributed by atoms with Crippen LogP contribution in [0.3, 0.4) is 0 Å². The number of pyridine rings is 1. The zero-order valence-corrected chi connectivity index (χ0v) is 11.6. The van der Waals surface area contributed by atoms with Crippen LogP contribution in [0.5, 0.6) is 0 Å². The highest BCUT2D eigenvalue weighted by molar-refractivity contribution is 6.03. The van der Waals surface area contributed by atoms with Gasteiger partial charge in [-0.3, -0.25) is 9.69 Å². The molecule has 0 aromatic carbocycles. The summed E-state index contributed by atoms with van der Waals surface area (Å²) in [4.78, 5) is 18.7. The molecule has 5 heteroatoms. The molecule has 1 aromatic rings. The summed E-state index contributed by atoms with van der Waals surface area (Å²) in [5.74, 6) is 0.223. The van der Waals surface area contributed by atoms with Crippen molar-refractivity contribution >= 4 is 11.6 Å². The van der Waals surface area contributed by atoms with Gasteiger partial charge in [0.1, 0.15) is 11.9 Å². The van der Waals surface area contributed by atoms with Crippen molar-refractivity contribution in [1.82, 2.24) is 9.88 Å². The van der Waals surface area contributed by atoms with E-state index in [0.717, 1.165) is 25.1 Å². The summed E-state index contributed by atoms with van der Waals surface area (Å²) in [5, 5.41) is 0. The van der Waals surface area contributed by atoms with Crippen molar-refractivity contribution < 1.29 is 9.53 Å². The maximum absolute atomic E-state index is 12.5. The van der Waals surface area contributed by atoms with Gasteiger partial charge in [-0.1, -0.05) is 6.92 Å². The molecule has 19 heavy (non-hydrogen) atoms. The first kappa shape index (κ1) is 14.0. The van der Waals surface area contributed by atoms with Gasteiger partial charge in [0.15, 0.2) is 5.78 Å². The molecule has 1 aliphatic rings. The fourth-order valence-corrected chi connectivity index (χ4v) is 2.33. The van der Waals surface area contributed by atoms with Crippen LogP contribution in [0.15, 0.2) is 12.3 Å². The number of hydrogen-bond acceptors (Lipinski definition) is 5. The molecule has 5 nitrogen and oxygen atoms in total. The molecule has 1 aromatic heterocycles. The Balaban J connectivity index is 2.12. The van der Waals surface area contributed by atoms with Gasteiger partial charge in [-0.25, -0.2) is 4.98 Å². The normalized spacial score (nSPS) is 20.4. The van der Waals surface area contributed by atoms with Crippen LogP contribution in [-0.4, -0.2) is 48.0 Å². The Morgan fingerprint density at radius 3 is 3.16 bits per heavy atom. The fraction of sp³-hybridized carbons (Fsp3) is 0.571. The van der Waals surface area contributed by atoms with Crippen molar-refractivity contribution in [3.8, 4) is 0 Å². The lowest BCUT2D eigenvalue weighted by molar-refractivity contribution is -0.0163. The first-order valence-electron chi connectivity index (χ1n) is 6.72. The molecule has 0 amide bonds. The average Bonchev–Trinajstić information content (AvgIpc) is 2.41. The number of anilines is 1. The van der Waals surface area contributed by atoms with E-state index in [4.69, 9.17) is 10.5 Å². The van der Waals surface area contributed by atoms with E-state index in [0.29, 0.717) is 18.7 Å². The molecule has 0 spiro atoms. The molecule has 1 aliphatic heterocycles. The van der Waals surface area contributed by atoms with Gasteiger partial charge < -0.3 is 10.5 Å². The van der Waals surface area contributed by atoms with E-state index in [2.05, 4.69) is 16.8 Å². The van der Waals surface area contributed by atoms with Crippen LogP contribution in [0.1, 0.15) is 29.3 Å². The number of carbonyl (C=O) groups is 1. The first-order valence-corrected chi connectivity index (χ1v) is 6.72. The second-order valence-corrected chi connectivity index (χ2v) is 4.97. The second-order valence-electron chi connectivity index (χ2n) is 4.97. The van der Waals surface area contributed by atoms with E-state index < -0.39 is 6.10 Å². The van der Waals surface area contributed by atoms with Crippen molar-refractivity contribution in [3.63, 3.8) is 0 Å². The number of ketones is 1. The summed E-state index contributed by atoms with van der Waals surface area (Å²) >= 11 is 0. The Bertz CT molecular complexity index is 460. The van der Waals surface area contributed by atoms with Crippen LogP contribution >= 0.6 is 0 Å². The van der Waals surface area contributed by atoms with Crippen molar-refractivity contribution in [2.75, 3.05) is 32.0 Å². The number of aromatic nitrogens is 1. The molecule has 104 valence electrons. The summed E-state index contributed by atoms with van der Waals surface area (Å²) in [6, 6.07) is 1.78. The average molecular weight is 263 g/mol. The maximum atomic E-state index is 12.5. The monoisotopic (exact) mass is 263 g/mol. The van der Waals surface area contributed by atoms with Crippen LogP contribution in [-0.2, 0) is 4.74 Å². The van der Waals surface area contributed by atoms with Gasteiger partial charge in [-0.15, -0.1) is 0 Å². The minimum absolute atomic E-state index is 0.0606. The van der Waals surface area contributed by atoms with E-state index in [9.17, 15) is 4.79 Å². The zero-order valence-electron chi connectivity index (χ0n) is 11.6. The standard InChI is InChI=1S/C14H21N3O2/c1-3-4-17-5-6-19-12(9-17)13(18)11-7-10(2)8-16-14(11)15/h7-8,12H,3-6,9H2,1-2H3,(H2,15,16). The van der Waals surface area contributed by atoms with E-state index in [1.807, 2.05) is 6.92 Å². The third-order valence-corrected chi connectivity index (χ3v) is 3.30. The van der Waals surface area contributed by atoms with Gasteiger partial charge in [0.2, 0.25) is 0 Å². The zero-order chi connectivity index (χ0) is 13.8. The van der Waals surface area contributed by atoms with E-state index in [-0.39, 0.29) is 11.6 Å². The molecule has 0 radical (unpaired) electrons. The van der Waals surface area contributed by atoms with Gasteiger partial charge in [-0.05, 0) is 31.5 Å². The Kier molecular flexibility index (Phi) is 4.50. The number of rotatable bonds is 4.